The lowest BCUT2D eigenvalue weighted by Crippen LogP contribution is -2.13. The summed E-state index contributed by atoms with van der Waals surface area (Å²) in [6.07, 6.45) is 3.59. The molecule has 0 saturated heterocycles. The summed E-state index contributed by atoms with van der Waals surface area (Å²) < 4.78 is 31.5. The molecule has 0 fully saturated rings. The highest BCUT2D eigenvalue weighted by Gasteiger charge is 2.21. The predicted octanol–water partition coefficient (Wildman–Crippen LogP) is 6.21. The van der Waals surface area contributed by atoms with Crippen molar-refractivity contribution in [3.63, 3.8) is 0 Å². The quantitative estimate of drug-likeness (QED) is 0.223. The first-order valence-corrected chi connectivity index (χ1v) is 14.3. The first-order chi connectivity index (χ1) is 18.5. The Morgan fingerprint density at radius 2 is 1.64 bits per heavy atom. The Balaban J connectivity index is 1.77. The standard InChI is InChI=1S/C32H30N2O4S/c1-32(2,3)26-19-25(15-12-23-13-16-27(17-14-23)34-39(4,36)37)30(21-35)29(20-26)28-11-8-18-33-31(28)38-22-24-9-6-5-7-10-24/h5-11,13-14,16-21,34H,22H2,1-4H3. The minimum absolute atomic E-state index is 0.209. The zero-order chi connectivity index (χ0) is 28.0. The molecule has 0 atom stereocenters. The highest BCUT2D eigenvalue weighted by atomic mass is 32.2. The Hall–Kier alpha value is -4.41. The highest BCUT2D eigenvalue weighted by molar-refractivity contribution is 7.92. The van der Waals surface area contributed by atoms with E-state index in [2.05, 4.69) is 42.3 Å². The van der Waals surface area contributed by atoms with Gasteiger partial charge in [0.25, 0.3) is 0 Å². The molecule has 7 heteroatoms. The van der Waals surface area contributed by atoms with Gasteiger partial charge in [-0.1, -0.05) is 62.9 Å². The van der Waals surface area contributed by atoms with Crippen molar-refractivity contribution in [3.8, 4) is 28.8 Å². The van der Waals surface area contributed by atoms with Gasteiger partial charge in [-0.3, -0.25) is 9.52 Å². The lowest BCUT2D eigenvalue weighted by Gasteiger charge is -2.22. The van der Waals surface area contributed by atoms with Crippen molar-refractivity contribution in [2.45, 2.75) is 32.8 Å². The molecule has 0 amide bonds. The van der Waals surface area contributed by atoms with Crippen molar-refractivity contribution in [1.29, 1.82) is 0 Å². The number of hydrogen-bond donors (Lipinski definition) is 1. The molecule has 1 heterocycles. The van der Waals surface area contributed by atoms with E-state index in [1.807, 2.05) is 54.6 Å². The summed E-state index contributed by atoms with van der Waals surface area (Å²) in [4.78, 5) is 16.9. The van der Waals surface area contributed by atoms with Crippen LogP contribution in [0.4, 0.5) is 5.69 Å². The van der Waals surface area contributed by atoms with Crippen molar-refractivity contribution < 1.29 is 17.9 Å². The van der Waals surface area contributed by atoms with Crippen molar-refractivity contribution >= 4 is 22.0 Å². The number of rotatable bonds is 7. The van der Waals surface area contributed by atoms with Gasteiger partial charge in [0.05, 0.1) is 6.26 Å². The largest absolute Gasteiger partial charge is 0.472 e. The van der Waals surface area contributed by atoms with Gasteiger partial charge in [0.2, 0.25) is 15.9 Å². The van der Waals surface area contributed by atoms with Gasteiger partial charge in [0.15, 0.2) is 6.29 Å². The molecule has 0 radical (unpaired) electrons. The molecule has 3 aromatic carbocycles. The molecular weight excluding hydrogens is 508 g/mol. The average molecular weight is 539 g/mol. The lowest BCUT2D eigenvalue weighted by atomic mass is 9.82. The molecule has 0 unspecified atom stereocenters. The van der Waals surface area contributed by atoms with Gasteiger partial charge in [0, 0.05) is 34.1 Å². The van der Waals surface area contributed by atoms with Gasteiger partial charge in [-0.15, -0.1) is 0 Å². The molecule has 39 heavy (non-hydrogen) atoms. The monoisotopic (exact) mass is 538 g/mol. The fourth-order valence-electron chi connectivity index (χ4n) is 3.95. The van der Waals surface area contributed by atoms with E-state index >= 15 is 0 Å². The maximum absolute atomic E-state index is 12.5. The molecule has 0 bridgehead atoms. The summed E-state index contributed by atoms with van der Waals surface area (Å²) in [7, 11) is -3.37. The van der Waals surface area contributed by atoms with Crippen LogP contribution in [0.1, 0.15) is 53.4 Å². The molecule has 6 nitrogen and oxygen atoms in total. The summed E-state index contributed by atoms with van der Waals surface area (Å²) in [6.45, 7) is 6.66. The number of hydrogen-bond acceptors (Lipinski definition) is 5. The third-order valence-corrected chi connectivity index (χ3v) is 6.58. The topological polar surface area (TPSA) is 85.4 Å². The smallest absolute Gasteiger partial charge is 0.229 e. The third kappa shape index (κ3) is 7.34. The summed E-state index contributed by atoms with van der Waals surface area (Å²) >= 11 is 0. The Labute approximate surface area is 230 Å². The minimum atomic E-state index is -3.37. The first-order valence-electron chi connectivity index (χ1n) is 12.4. The number of ether oxygens (including phenoxy) is 1. The van der Waals surface area contributed by atoms with Crippen LogP contribution in [0, 0.1) is 11.8 Å². The van der Waals surface area contributed by atoms with E-state index < -0.39 is 10.0 Å². The number of carbonyl (C=O) groups is 1. The second kappa shape index (κ2) is 11.5. The number of anilines is 1. The Morgan fingerprint density at radius 1 is 0.923 bits per heavy atom. The zero-order valence-electron chi connectivity index (χ0n) is 22.4. The van der Waals surface area contributed by atoms with Crippen LogP contribution in [0.25, 0.3) is 11.1 Å². The number of carbonyl (C=O) groups excluding carboxylic acids is 1. The maximum Gasteiger partial charge on any atom is 0.229 e. The van der Waals surface area contributed by atoms with Crippen LogP contribution in [0.2, 0.25) is 0 Å². The van der Waals surface area contributed by atoms with Gasteiger partial charge < -0.3 is 4.74 Å². The number of pyridine rings is 1. The summed E-state index contributed by atoms with van der Waals surface area (Å²) in [5.74, 6) is 6.71. The fraction of sp³-hybridized carbons (Fsp3) is 0.188. The van der Waals surface area contributed by atoms with Crippen LogP contribution in [0.3, 0.4) is 0 Å². The molecule has 4 aromatic rings. The lowest BCUT2D eigenvalue weighted by molar-refractivity contribution is 0.112. The number of nitrogens with one attached hydrogen (secondary N) is 1. The van der Waals surface area contributed by atoms with Crippen LogP contribution < -0.4 is 9.46 Å². The van der Waals surface area contributed by atoms with Crippen molar-refractivity contribution in [3.05, 3.63) is 113 Å². The number of aldehydes is 1. The Bertz CT molecular complexity index is 1640. The summed E-state index contributed by atoms with van der Waals surface area (Å²) in [5, 5.41) is 0. The molecule has 0 aliphatic rings. The van der Waals surface area contributed by atoms with E-state index in [-0.39, 0.29) is 5.41 Å². The predicted molar refractivity (Wildman–Crippen MR) is 155 cm³/mol. The summed E-state index contributed by atoms with van der Waals surface area (Å²) in [6, 6.07) is 24.2. The zero-order valence-corrected chi connectivity index (χ0v) is 23.2. The van der Waals surface area contributed by atoms with Gasteiger partial charge in [-0.2, -0.15) is 0 Å². The number of nitrogens with zero attached hydrogens (tertiary/aromatic N) is 1. The van der Waals surface area contributed by atoms with Crippen LogP contribution in [0.15, 0.2) is 85.1 Å². The number of aromatic nitrogens is 1. The minimum Gasteiger partial charge on any atom is -0.472 e. The molecule has 198 valence electrons. The van der Waals surface area contributed by atoms with Crippen molar-refractivity contribution in [2.75, 3.05) is 11.0 Å². The third-order valence-electron chi connectivity index (χ3n) is 5.97. The van der Waals surface area contributed by atoms with Gasteiger partial charge in [0.1, 0.15) is 6.61 Å². The Kier molecular flexibility index (Phi) is 8.18. The second-order valence-electron chi connectivity index (χ2n) is 10.2. The van der Waals surface area contributed by atoms with Crippen LogP contribution in [0.5, 0.6) is 5.88 Å². The summed E-state index contributed by atoms with van der Waals surface area (Å²) in [5.41, 5.74) is 5.39. The molecule has 0 saturated carbocycles. The van der Waals surface area contributed by atoms with E-state index in [0.29, 0.717) is 46.0 Å². The van der Waals surface area contributed by atoms with E-state index in [0.717, 1.165) is 23.7 Å². The molecular formula is C32H30N2O4S. The van der Waals surface area contributed by atoms with Gasteiger partial charge in [-0.05, 0) is 70.6 Å². The van der Waals surface area contributed by atoms with E-state index in [4.69, 9.17) is 4.74 Å². The number of benzene rings is 3. The normalized spacial score (nSPS) is 11.3. The van der Waals surface area contributed by atoms with Gasteiger partial charge in [-0.25, -0.2) is 13.4 Å². The molecule has 0 aliphatic heterocycles. The molecule has 1 aromatic heterocycles. The van der Waals surface area contributed by atoms with Crippen LogP contribution in [-0.2, 0) is 22.0 Å². The van der Waals surface area contributed by atoms with Gasteiger partial charge >= 0.3 is 0 Å². The average Bonchev–Trinajstić information content (AvgIpc) is 2.90. The SMILES string of the molecule is CC(C)(C)c1cc(C#Cc2ccc(NS(C)(=O)=O)cc2)c(C=O)c(-c2cccnc2OCc2ccccc2)c1. The fourth-order valence-corrected chi connectivity index (χ4v) is 4.52. The maximum atomic E-state index is 12.5. The molecule has 4 rings (SSSR count). The number of sulfonamides is 1. The molecule has 0 aliphatic carbocycles. The highest BCUT2D eigenvalue weighted by Crippen LogP contribution is 2.36. The van der Waals surface area contributed by atoms with E-state index in [1.165, 1.54) is 0 Å². The van der Waals surface area contributed by atoms with Crippen LogP contribution in [-0.4, -0.2) is 25.9 Å². The van der Waals surface area contributed by atoms with E-state index in [9.17, 15) is 13.2 Å². The second-order valence-corrected chi connectivity index (χ2v) is 11.9. The first kappa shape index (κ1) is 27.6. The van der Waals surface area contributed by atoms with E-state index in [1.54, 1.807) is 30.5 Å². The van der Waals surface area contributed by atoms with Crippen LogP contribution >= 0.6 is 0 Å². The molecule has 1 N–H and O–H groups in total. The Morgan fingerprint density at radius 3 is 2.28 bits per heavy atom. The van der Waals surface area contributed by atoms with Crippen molar-refractivity contribution in [2.24, 2.45) is 0 Å². The van der Waals surface area contributed by atoms with Crippen molar-refractivity contribution in [1.82, 2.24) is 4.98 Å². The molecule has 0 spiro atoms.